The lowest BCUT2D eigenvalue weighted by Gasteiger charge is -2.26. The van der Waals surface area contributed by atoms with Gasteiger partial charge in [0.05, 0.1) is 5.69 Å². The molecular formula is C13H17N3O2S. The summed E-state index contributed by atoms with van der Waals surface area (Å²) in [5.74, 6) is 2.46. The molecule has 5 nitrogen and oxygen atoms in total. The number of hydrogen-bond acceptors (Lipinski definition) is 4. The third-order valence-electron chi connectivity index (χ3n) is 3.53. The van der Waals surface area contributed by atoms with Gasteiger partial charge in [-0.2, -0.15) is 16.9 Å². The SMILES string of the molecule is O=C(Cn1nc(C2CC2)ccc1=O)N1CCSCC1. The summed E-state index contributed by atoms with van der Waals surface area (Å²) in [5, 5.41) is 4.32. The Labute approximate surface area is 116 Å². The van der Waals surface area contributed by atoms with Crippen molar-refractivity contribution in [1.29, 1.82) is 0 Å². The van der Waals surface area contributed by atoms with Crippen LogP contribution in [0, 0.1) is 0 Å². The Hall–Kier alpha value is -1.30. The molecule has 0 bridgehead atoms. The predicted molar refractivity (Wildman–Crippen MR) is 74.4 cm³/mol. The fraction of sp³-hybridized carbons (Fsp3) is 0.615. The van der Waals surface area contributed by atoms with Crippen molar-refractivity contribution in [2.24, 2.45) is 0 Å². The van der Waals surface area contributed by atoms with Gasteiger partial charge in [0.1, 0.15) is 6.54 Å². The van der Waals surface area contributed by atoms with Crippen molar-refractivity contribution in [2.75, 3.05) is 24.6 Å². The molecule has 3 rings (SSSR count). The Morgan fingerprint density at radius 3 is 2.74 bits per heavy atom. The first kappa shape index (κ1) is 12.7. The highest BCUT2D eigenvalue weighted by Gasteiger charge is 2.26. The van der Waals surface area contributed by atoms with Gasteiger partial charge in [-0.1, -0.05) is 0 Å². The van der Waals surface area contributed by atoms with Crippen molar-refractivity contribution in [2.45, 2.75) is 25.3 Å². The molecule has 1 aromatic rings. The first-order valence-electron chi connectivity index (χ1n) is 6.67. The van der Waals surface area contributed by atoms with Crippen LogP contribution in [0.3, 0.4) is 0 Å². The zero-order valence-electron chi connectivity index (χ0n) is 10.7. The maximum atomic E-state index is 12.1. The molecule has 2 heterocycles. The highest BCUT2D eigenvalue weighted by atomic mass is 32.2. The number of carbonyl (C=O) groups is 1. The molecule has 0 atom stereocenters. The van der Waals surface area contributed by atoms with Gasteiger partial charge < -0.3 is 4.90 Å². The highest BCUT2D eigenvalue weighted by Crippen LogP contribution is 2.38. The Kier molecular flexibility index (Phi) is 3.59. The molecule has 2 fully saturated rings. The van der Waals surface area contributed by atoms with Gasteiger partial charge in [-0.15, -0.1) is 0 Å². The fourth-order valence-corrected chi connectivity index (χ4v) is 3.12. The molecule has 0 aromatic carbocycles. The Morgan fingerprint density at radius 2 is 2.05 bits per heavy atom. The summed E-state index contributed by atoms with van der Waals surface area (Å²) in [5.41, 5.74) is 0.755. The number of thioether (sulfide) groups is 1. The van der Waals surface area contributed by atoms with Crippen LogP contribution >= 0.6 is 11.8 Å². The van der Waals surface area contributed by atoms with Crippen molar-refractivity contribution in [3.8, 4) is 0 Å². The second-order valence-electron chi connectivity index (χ2n) is 5.02. The molecule has 0 spiro atoms. The number of carbonyl (C=O) groups excluding carboxylic acids is 1. The summed E-state index contributed by atoms with van der Waals surface area (Å²) in [6.45, 7) is 1.63. The van der Waals surface area contributed by atoms with Crippen LogP contribution in [0.25, 0.3) is 0 Å². The number of nitrogens with zero attached hydrogens (tertiary/aromatic N) is 3. The molecule has 6 heteroatoms. The monoisotopic (exact) mass is 279 g/mol. The van der Waals surface area contributed by atoms with Gasteiger partial charge in [0, 0.05) is 36.6 Å². The number of amides is 1. The normalized spacial score (nSPS) is 19.5. The van der Waals surface area contributed by atoms with Crippen molar-refractivity contribution in [3.63, 3.8) is 0 Å². The Bertz CT molecular complexity index is 533. The summed E-state index contributed by atoms with van der Waals surface area (Å²) in [7, 11) is 0. The minimum atomic E-state index is -0.191. The summed E-state index contributed by atoms with van der Waals surface area (Å²) in [6.07, 6.45) is 2.28. The zero-order chi connectivity index (χ0) is 13.2. The first-order chi connectivity index (χ1) is 9.24. The minimum Gasteiger partial charge on any atom is -0.339 e. The average molecular weight is 279 g/mol. The summed E-state index contributed by atoms with van der Waals surface area (Å²) in [6, 6.07) is 3.32. The second kappa shape index (κ2) is 5.36. The summed E-state index contributed by atoms with van der Waals surface area (Å²) >= 11 is 1.86. The van der Waals surface area contributed by atoms with E-state index < -0.39 is 0 Å². The highest BCUT2D eigenvalue weighted by molar-refractivity contribution is 7.99. The molecule has 2 aliphatic rings. The molecule has 0 unspecified atom stereocenters. The minimum absolute atomic E-state index is 0.00264. The van der Waals surface area contributed by atoms with Gasteiger partial charge in [0.2, 0.25) is 5.91 Å². The van der Waals surface area contributed by atoms with E-state index in [0.29, 0.717) is 5.92 Å². The van der Waals surface area contributed by atoms with Gasteiger partial charge in [0.25, 0.3) is 5.56 Å². The maximum absolute atomic E-state index is 12.1. The topological polar surface area (TPSA) is 55.2 Å². The van der Waals surface area contributed by atoms with E-state index in [9.17, 15) is 9.59 Å². The molecule has 0 N–H and O–H groups in total. The van der Waals surface area contributed by atoms with E-state index in [1.165, 1.54) is 10.7 Å². The summed E-state index contributed by atoms with van der Waals surface area (Å²) < 4.78 is 1.32. The lowest BCUT2D eigenvalue weighted by Crippen LogP contribution is -2.41. The van der Waals surface area contributed by atoms with Crippen LogP contribution in [0.15, 0.2) is 16.9 Å². The Balaban J connectivity index is 1.72. The van der Waals surface area contributed by atoms with E-state index >= 15 is 0 Å². The zero-order valence-corrected chi connectivity index (χ0v) is 11.6. The van der Waals surface area contributed by atoms with Gasteiger partial charge in [-0.25, -0.2) is 4.68 Å². The molecule has 1 saturated heterocycles. The smallest absolute Gasteiger partial charge is 0.267 e. The van der Waals surface area contributed by atoms with E-state index in [2.05, 4.69) is 5.10 Å². The lowest BCUT2D eigenvalue weighted by molar-refractivity contribution is -0.131. The second-order valence-corrected chi connectivity index (χ2v) is 6.25. The Morgan fingerprint density at radius 1 is 1.32 bits per heavy atom. The van der Waals surface area contributed by atoms with Gasteiger partial charge >= 0.3 is 0 Å². The fourth-order valence-electron chi connectivity index (χ4n) is 2.22. The molecule has 0 radical (unpaired) electrons. The number of rotatable bonds is 3. The third kappa shape index (κ3) is 3.00. The van der Waals surface area contributed by atoms with Crippen LogP contribution < -0.4 is 5.56 Å². The van der Waals surface area contributed by atoms with E-state index in [1.807, 2.05) is 16.7 Å². The van der Waals surface area contributed by atoms with Crippen molar-refractivity contribution >= 4 is 17.7 Å². The standard InChI is InChI=1S/C13H17N3O2S/c17-12-4-3-11(10-1-2-10)14-16(12)9-13(18)15-5-7-19-8-6-15/h3-4,10H,1-2,5-9H2. The number of aromatic nitrogens is 2. The van der Waals surface area contributed by atoms with Crippen LogP contribution in [-0.2, 0) is 11.3 Å². The molecule has 1 aromatic heterocycles. The van der Waals surface area contributed by atoms with Crippen LogP contribution in [0.1, 0.15) is 24.5 Å². The van der Waals surface area contributed by atoms with Gasteiger partial charge in [0.15, 0.2) is 0 Å². The molecule has 1 aliphatic heterocycles. The van der Waals surface area contributed by atoms with E-state index in [-0.39, 0.29) is 18.0 Å². The molecule has 1 saturated carbocycles. The molecular weight excluding hydrogens is 262 g/mol. The summed E-state index contributed by atoms with van der Waals surface area (Å²) in [4.78, 5) is 25.7. The third-order valence-corrected chi connectivity index (χ3v) is 4.47. The first-order valence-corrected chi connectivity index (χ1v) is 7.83. The average Bonchev–Trinajstić information content (AvgIpc) is 3.27. The van der Waals surface area contributed by atoms with Crippen LogP contribution in [0.5, 0.6) is 0 Å². The maximum Gasteiger partial charge on any atom is 0.267 e. The van der Waals surface area contributed by atoms with E-state index in [1.54, 1.807) is 6.07 Å². The molecule has 19 heavy (non-hydrogen) atoms. The van der Waals surface area contributed by atoms with Gasteiger partial charge in [-0.3, -0.25) is 9.59 Å². The van der Waals surface area contributed by atoms with E-state index in [0.717, 1.165) is 43.1 Å². The van der Waals surface area contributed by atoms with Crippen molar-refractivity contribution in [1.82, 2.24) is 14.7 Å². The predicted octanol–water partition coefficient (Wildman–Crippen LogP) is 0.696. The van der Waals surface area contributed by atoms with Crippen molar-refractivity contribution in [3.05, 3.63) is 28.2 Å². The van der Waals surface area contributed by atoms with Crippen molar-refractivity contribution < 1.29 is 4.79 Å². The molecule has 102 valence electrons. The quantitative estimate of drug-likeness (QED) is 0.817. The van der Waals surface area contributed by atoms with Crippen LogP contribution in [0.2, 0.25) is 0 Å². The van der Waals surface area contributed by atoms with Crippen LogP contribution in [-0.4, -0.2) is 45.2 Å². The molecule has 1 amide bonds. The number of hydrogen-bond donors (Lipinski definition) is 0. The van der Waals surface area contributed by atoms with Gasteiger partial charge in [-0.05, 0) is 18.9 Å². The van der Waals surface area contributed by atoms with Crippen LogP contribution in [0.4, 0.5) is 0 Å². The molecule has 1 aliphatic carbocycles. The van der Waals surface area contributed by atoms with E-state index in [4.69, 9.17) is 0 Å². The largest absolute Gasteiger partial charge is 0.339 e. The lowest BCUT2D eigenvalue weighted by atomic mass is 10.3.